The molecule has 0 aliphatic heterocycles. The van der Waals surface area contributed by atoms with E-state index in [1.807, 2.05) is 13.8 Å². The lowest BCUT2D eigenvalue weighted by molar-refractivity contribution is 1.18. The number of nitrogens with zero attached hydrogens (tertiary/aromatic N) is 2. The maximum atomic E-state index is 8.82. The van der Waals surface area contributed by atoms with Crippen molar-refractivity contribution in [3.8, 4) is 6.07 Å². The third-order valence-electron chi connectivity index (χ3n) is 1.94. The maximum Gasteiger partial charge on any atom is 0.143 e. The minimum Gasteiger partial charge on any atom is -0.372 e. The lowest BCUT2D eigenvalue weighted by Gasteiger charge is -2.06. The molecule has 3 nitrogen and oxygen atoms in total. The summed E-state index contributed by atoms with van der Waals surface area (Å²) < 4.78 is 0. The third-order valence-corrected chi connectivity index (χ3v) is 1.94. The Bertz CT molecular complexity index is 336. The van der Waals surface area contributed by atoms with E-state index >= 15 is 0 Å². The molecule has 0 aliphatic rings. The van der Waals surface area contributed by atoms with E-state index in [-0.39, 0.29) is 0 Å². The van der Waals surface area contributed by atoms with Crippen LogP contribution in [-0.2, 0) is 0 Å². The van der Waals surface area contributed by atoms with Gasteiger partial charge in [-0.3, -0.25) is 0 Å². The molecule has 0 saturated heterocycles. The number of aryl methyl sites for hydroxylation is 1. The molecule has 0 spiro atoms. The molecule has 0 radical (unpaired) electrons. The van der Waals surface area contributed by atoms with Crippen LogP contribution in [-0.4, -0.2) is 12.0 Å². The first-order valence-electron chi connectivity index (χ1n) is 3.74. The van der Waals surface area contributed by atoms with Gasteiger partial charge in [-0.2, -0.15) is 5.26 Å². The van der Waals surface area contributed by atoms with E-state index in [1.54, 1.807) is 13.2 Å². The molecule has 62 valence electrons. The molecule has 1 aromatic heterocycles. The summed E-state index contributed by atoms with van der Waals surface area (Å²) in [5, 5.41) is 11.7. The average Bonchev–Trinajstić information content (AvgIpc) is 2.09. The highest BCUT2D eigenvalue weighted by Gasteiger charge is 2.06. The molecule has 12 heavy (non-hydrogen) atoms. The van der Waals surface area contributed by atoms with Gasteiger partial charge in [0.15, 0.2) is 0 Å². The van der Waals surface area contributed by atoms with Crippen LogP contribution in [0.15, 0.2) is 6.20 Å². The zero-order valence-corrected chi connectivity index (χ0v) is 7.47. The molecular formula is C9H11N3. The van der Waals surface area contributed by atoms with Crippen molar-refractivity contribution in [3.63, 3.8) is 0 Å². The lowest BCUT2D eigenvalue weighted by atomic mass is 10.1. The molecule has 0 amide bonds. The van der Waals surface area contributed by atoms with Gasteiger partial charge in [-0.1, -0.05) is 0 Å². The maximum absolute atomic E-state index is 8.82. The number of hydrogen-bond acceptors (Lipinski definition) is 3. The molecule has 0 atom stereocenters. The van der Waals surface area contributed by atoms with Crippen molar-refractivity contribution in [2.75, 3.05) is 12.4 Å². The fourth-order valence-corrected chi connectivity index (χ4v) is 1.02. The highest BCUT2D eigenvalue weighted by molar-refractivity contribution is 5.56. The molecule has 1 heterocycles. The van der Waals surface area contributed by atoms with E-state index in [4.69, 9.17) is 5.26 Å². The van der Waals surface area contributed by atoms with E-state index in [9.17, 15) is 0 Å². The Morgan fingerprint density at radius 1 is 1.50 bits per heavy atom. The van der Waals surface area contributed by atoms with E-state index < -0.39 is 0 Å². The molecule has 0 unspecified atom stereocenters. The predicted molar refractivity (Wildman–Crippen MR) is 48.0 cm³/mol. The molecule has 1 aromatic rings. The second-order valence-electron chi connectivity index (χ2n) is 2.65. The molecule has 0 fully saturated rings. The van der Waals surface area contributed by atoms with Crippen molar-refractivity contribution in [2.45, 2.75) is 13.8 Å². The zero-order valence-electron chi connectivity index (χ0n) is 7.47. The van der Waals surface area contributed by atoms with Crippen molar-refractivity contribution in [3.05, 3.63) is 22.9 Å². The smallest absolute Gasteiger partial charge is 0.143 e. The highest BCUT2D eigenvalue weighted by Crippen LogP contribution is 2.17. The van der Waals surface area contributed by atoms with Gasteiger partial charge >= 0.3 is 0 Å². The summed E-state index contributed by atoms with van der Waals surface area (Å²) in [6.07, 6.45) is 1.77. The monoisotopic (exact) mass is 161 g/mol. The zero-order chi connectivity index (χ0) is 9.14. The standard InChI is InChI=1S/C9H11N3/c1-6-5-12-9(11-3)8(4-10)7(6)2/h5H,1-3H3,(H,11,12). The summed E-state index contributed by atoms with van der Waals surface area (Å²) in [6.45, 7) is 3.87. The van der Waals surface area contributed by atoms with Crippen LogP contribution in [0.25, 0.3) is 0 Å². The second kappa shape index (κ2) is 3.22. The normalized spacial score (nSPS) is 9.17. The summed E-state index contributed by atoms with van der Waals surface area (Å²) in [7, 11) is 1.76. The molecule has 0 aromatic carbocycles. The number of nitrogens with one attached hydrogen (secondary N) is 1. The molecule has 0 bridgehead atoms. The molecule has 0 aliphatic carbocycles. The van der Waals surface area contributed by atoms with Crippen LogP contribution in [0.1, 0.15) is 16.7 Å². The number of nitriles is 1. The van der Waals surface area contributed by atoms with Crippen molar-refractivity contribution < 1.29 is 0 Å². The molecule has 1 N–H and O–H groups in total. The topological polar surface area (TPSA) is 48.7 Å². The summed E-state index contributed by atoms with van der Waals surface area (Å²) in [6, 6.07) is 2.13. The second-order valence-corrected chi connectivity index (χ2v) is 2.65. The van der Waals surface area contributed by atoms with Gasteiger partial charge in [0.25, 0.3) is 0 Å². The van der Waals surface area contributed by atoms with Crippen molar-refractivity contribution in [1.82, 2.24) is 4.98 Å². The van der Waals surface area contributed by atoms with Gasteiger partial charge in [-0.05, 0) is 25.0 Å². The van der Waals surface area contributed by atoms with Crippen LogP contribution in [0.3, 0.4) is 0 Å². The van der Waals surface area contributed by atoms with Crippen LogP contribution in [0, 0.1) is 25.2 Å². The lowest BCUT2D eigenvalue weighted by Crippen LogP contribution is -1.99. The molecule has 0 saturated carbocycles. The van der Waals surface area contributed by atoms with Gasteiger partial charge < -0.3 is 5.32 Å². The van der Waals surface area contributed by atoms with Crippen molar-refractivity contribution in [2.24, 2.45) is 0 Å². The van der Waals surface area contributed by atoms with Crippen LogP contribution >= 0.6 is 0 Å². The van der Waals surface area contributed by atoms with E-state index in [1.165, 1.54) is 0 Å². The van der Waals surface area contributed by atoms with E-state index in [0.29, 0.717) is 11.4 Å². The van der Waals surface area contributed by atoms with E-state index in [2.05, 4.69) is 16.4 Å². The summed E-state index contributed by atoms with van der Waals surface area (Å²) in [5.41, 5.74) is 2.68. The van der Waals surface area contributed by atoms with Crippen LogP contribution in [0.2, 0.25) is 0 Å². The fourth-order valence-electron chi connectivity index (χ4n) is 1.02. The van der Waals surface area contributed by atoms with Gasteiger partial charge in [0.05, 0.1) is 5.56 Å². The van der Waals surface area contributed by atoms with Crippen LogP contribution < -0.4 is 5.32 Å². The molecule has 1 rings (SSSR count). The Balaban J connectivity index is 3.38. The average molecular weight is 161 g/mol. The Labute approximate surface area is 72.1 Å². The number of anilines is 1. The Hall–Kier alpha value is -1.56. The number of rotatable bonds is 1. The van der Waals surface area contributed by atoms with Crippen LogP contribution in [0.4, 0.5) is 5.82 Å². The first-order chi connectivity index (χ1) is 5.70. The minimum atomic E-state index is 0.637. The largest absolute Gasteiger partial charge is 0.372 e. The summed E-state index contributed by atoms with van der Waals surface area (Å²) in [5.74, 6) is 0.653. The Morgan fingerprint density at radius 3 is 2.67 bits per heavy atom. The van der Waals surface area contributed by atoms with E-state index in [0.717, 1.165) is 11.1 Å². The highest BCUT2D eigenvalue weighted by atomic mass is 15.0. The predicted octanol–water partition coefficient (Wildman–Crippen LogP) is 1.61. The van der Waals surface area contributed by atoms with Crippen molar-refractivity contribution in [1.29, 1.82) is 5.26 Å². The quantitative estimate of drug-likeness (QED) is 0.680. The number of aromatic nitrogens is 1. The summed E-state index contributed by atoms with van der Waals surface area (Å²) >= 11 is 0. The van der Waals surface area contributed by atoms with Gasteiger partial charge in [0.2, 0.25) is 0 Å². The number of pyridine rings is 1. The third kappa shape index (κ3) is 1.24. The summed E-state index contributed by atoms with van der Waals surface area (Å²) in [4.78, 5) is 4.09. The van der Waals surface area contributed by atoms with Gasteiger partial charge in [-0.25, -0.2) is 4.98 Å². The van der Waals surface area contributed by atoms with Gasteiger partial charge in [0, 0.05) is 13.2 Å². The SMILES string of the molecule is CNc1ncc(C)c(C)c1C#N. The minimum absolute atomic E-state index is 0.637. The van der Waals surface area contributed by atoms with Gasteiger partial charge in [-0.15, -0.1) is 0 Å². The van der Waals surface area contributed by atoms with Crippen molar-refractivity contribution >= 4 is 5.82 Å². The molecular weight excluding hydrogens is 150 g/mol. The first-order valence-corrected chi connectivity index (χ1v) is 3.74. The Morgan fingerprint density at radius 2 is 2.17 bits per heavy atom. The number of hydrogen-bond donors (Lipinski definition) is 1. The fraction of sp³-hybridized carbons (Fsp3) is 0.333. The Kier molecular flexibility index (Phi) is 2.29. The molecule has 3 heteroatoms. The first kappa shape index (κ1) is 8.54. The van der Waals surface area contributed by atoms with Gasteiger partial charge in [0.1, 0.15) is 11.9 Å². The van der Waals surface area contributed by atoms with Crippen LogP contribution in [0.5, 0.6) is 0 Å².